The predicted molar refractivity (Wildman–Crippen MR) is 101 cm³/mol. The Morgan fingerprint density at radius 3 is 2.56 bits per heavy atom. The first-order chi connectivity index (χ1) is 11.8. The van der Waals surface area contributed by atoms with Crippen LogP contribution >= 0.6 is 11.3 Å². The molecule has 1 aliphatic heterocycles. The minimum absolute atomic E-state index is 0.0483. The molecule has 25 heavy (non-hydrogen) atoms. The molecule has 2 amide bonds. The van der Waals surface area contributed by atoms with Gasteiger partial charge in [0.15, 0.2) is 5.13 Å². The fourth-order valence-corrected chi connectivity index (χ4v) is 3.35. The lowest BCUT2D eigenvalue weighted by atomic mass is 10.1. The van der Waals surface area contributed by atoms with Gasteiger partial charge < -0.3 is 15.1 Å². The maximum absolute atomic E-state index is 12.6. The Hall–Kier alpha value is -1.51. The van der Waals surface area contributed by atoms with Crippen LogP contribution in [0.4, 0.5) is 5.13 Å². The highest BCUT2D eigenvalue weighted by Crippen LogP contribution is 2.18. The van der Waals surface area contributed by atoms with Gasteiger partial charge in [-0.05, 0) is 20.0 Å². The first-order valence-corrected chi connectivity index (χ1v) is 9.65. The molecular weight excluding hydrogens is 338 g/mol. The van der Waals surface area contributed by atoms with Crippen molar-refractivity contribution >= 4 is 28.3 Å². The molecule has 8 heteroatoms. The van der Waals surface area contributed by atoms with E-state index < -0.39 is 0 Å². The van der Waals surface area contributed by atoms with E-state index in [-0.39, 0.29) is 11.8 Å². The third-order valence-electron chi connectivity index (χ3n) is 4.09. The molecule has 1 aromatic heterocycles. The first kappa shape index (κ1) is 19.8. The molecule has 0 unspecified atom stereocenters. The molecule has 1 N–H and O–H groups in total. The normalized spacial score (nSPS) is 15.8. The van der Waals surface area contributed by atoms with Crippen molar-refractivity contribution in [3.05, 3.63) is 11.1 Å². The molecule has 1 aliphatic rings. The van der Waals surface area contributed by atoms with Gasteiger partial charge in [-0.15, -0.1) is 11.3 Å². The molecule has 0 aliphatic carbocycles. The average Bonchev–Trinajstić information content (AvgIpc) is 3.00. The van der Waals surface area contributed by atoms with E-state index in [1.807, 2.05) is 18.7 Å². The highest BCUT2D eigenvalue weighted by Gasteiger charge is 2.24. The maximum Gasteiger partial charge on any atom is 0.273 e. The average molecular weight is 368 g/mol. The topological polar surface area (TPSA) is 68.8 Å². The number of aromatic nitrogens is 1. The van der Waals surface area contributed by atoms with E-state index in [2.05, 4.69) is 34.2 Å². The summed E-state index contributed by atoms with van der Waals surface area (Å²) in [6, 6.07) is 0. The minimum Gasteiger partial charge on any atom is -0.335 e. The van der Waals surface area contributed by atoms with Gasteiger partial charge in [-0.25, -0.2) is 4.98 Å². The number of hydrogen-bond acceptors (Lipinski definition) is 6. The van der Waals surface area contributed by atoms with Crippen molar-refractivity contribution in [1.82, 2.24) is 19.7 Å². The van der Waals surface area contributed by atoms with Gasteiger partial charge in [-0.1, -0.05) is 13.8 Å². The van der Waals surface area contributed by atoms with E-state index in [0.717, 1.165) is 39.3 Å². The minimum atomic E-state index is -0.0575. The Morgan fingerprint density at radius 1 is 1.28 bits per heavy atom. The summed E-state index contributed by atoms with van der Waals surface area (Å²) in [6.45, 7) is 9.27. The number of likely N-dealkylation sites (N-methyl/N-ethyl adjacent to an activating group) is 1. The molecule has 0 aromatic carbocycles. The zero-order chi connectivity index (χ0) is 18.4. The van der Waals surface area contributed by atoms with E-state index in [0.29, 0.717) is 23.2 Å². The summed E-state index contributed by atoms with van der Waals surface area (Å²) >= 11 is 1.30. The Bertz CT molecular complexity index is 579. The summed E-state index contributed by atoms with van der Waals surface area (Å²) in [7, 11) is 4.14. The van der Waals surface area contributed by atoms with Crippen molar-refractivity contribution in [3.8, 4) is 0 Å². The van der Waals surface area contributed by atoms with Gasteiger partial charge in [0.1, 0.15) is 5.69 Å². The van der Waals surface area contributed by atoms with Crippen molar-refractivity contribution in [3.63, 3.8) is 0 Å². The van der Waals surface area contributed by atoms with E-state index in [1.165, 1.54) is 11.3 Å². The van der Waals surface area contributed by atoms with Crippen LogP contribution in [0.25, 0.3) is 0 Å². The van der Waals surface area contributed by atoms with Crippen molar-refractivity contribution in [2.45, 2.75) is 20.3 Å². The monoisotopic (exact) mass is 367 g/mol. The smallest absolute Gasteiger partial charge is 0.273 e. The molecule has 1 saturated heterocycles. The van der Waals surface area contributed by atoms with Crippen LogP contribution < -0.4 is 5.32 Å². The van der Waals surface area contributed by atoms with Crippen molar-refractivity contribution < 1.29 is 9.59 Å². The largest absolute Gasteiger partial charge is 0.335 e. The molecule has 0 radical (unpaired) electrons. The molecule has 0 bridgehead atoms. The lowest BCUT2D eigenvalue weighted by molar-refractivity contribution is -0.116. The standard InChI is InChI=1S/C17H29N5O2S/c1-13(2)11-15(23)19-17-18-14(12-25-17)16(24)22-9-7-21(8-10-22)6-5-20(3)4/h12-13H,5-11H2,1-4H3,(H,18,19,23). The van der Waals surface area contributed by atoms with Crippen LogP contribution in [0, 0.1) is 5.92 Å². The van der Waals surface area contributed by atoms with Gasteiger partial charge in [-0.2, -0.15) is 0 Å². The molecule has 1 fully saturated rings. The molecule has 0 atom stereocenters. The number of piperazine rings is 1. The molecular formula is C17H29N5O2S. The van der Waals surface area contributed by atoms with Crippen molar-refractivity contribution in [2.75, 3.05) is 58.7 Å². The number of rotatable bonds is 7. The first-order valence-electron chi connectivity index (χ1n) is 8.77. The Balaban J connectivity index is 1.82. The molecule has 2 heterocycles. The Kier molecular flexibility index (Phi) is 7.34. The number of carbonyl (C=O) groups is 2. The van der Waals surface area contributed by atoms with Gasteiger partial charge >= 0.3 is 0 Å². The van der Waals surface area contributed by atoms with Crippen molar-refractivity contribution in [1.29, 1.82) is 0 Å². The van der Waals surface area contributed by atoms with Gasteiger partial charge in [0.25, 0.3) is 5.91 Å². The highest BCUT2D eigenvalue weighted by molar-refractivity contribution is 7.14. The van der Waals surface area contributed by atoms with E-state index in [1.54, 1.807) is 5.38 Å². The van der Waals surface area contributed by atoms with Crippen LogP contribution in [0.2, 0.25) is 0 Å². The summed E-state index contributed by atoms with van der Waals surface area (Å²) in [4.78, 5) is 35.1. The third kappa shape index (κ3) is 6.37. The summed E-state index contributed by atoms with van der Waals surface area (Å²) in [5, 5.41) is 5.00. The van der Waals surface area contributed by atoms with Crippen LogP contribution in [0.5, 0.6) is 0 Å². The summed E-state index contributed by atoms with van der Waals surface area (Å²) < 4.78 is 0. The van der Waals surface area contributed by atoms with Gasteiger partial charge in [0.2, 0.25) is 5.91 Å². The van der Waals surface area contributed by atoms with E-state index in [4.69, 9.17) is 0 Å². The predicted octanol–water partition coefficient (Wildman–Crippen LogP) is 1.45. The number of anilines is 1. The number of nitrogens with one attached hydrogen (secondary N) is 1. The Labute approximate surface area is 154 Å². The zero-order valence-corrected chi connectivity index (χ0v) is 16.4. The molecule has 0 spiro atoms. The van der Waals surface area contributed by atoms with Gasteiger partial charge in [-0.3, -0.25) is 14.5 Å². The fourth-order valence-electron chi connectivity index (χ4n) is 2.65. The summed E-state index contributed by atoms with van der Waals surface area (Å²) in [5.74, 6) is 0.190. The molecule has 2 rings (SSSR count). The second kappa shape index (κ2) is 9.26. The molecule has 140 valence electrons. The quantitative estimate of drug-likeness (QED) is 0.790. The van der Waals surface area contributed by atoms with Crippen LogP contribution in [0.1, 0.15) is 30.8 Å². The van der Waals surface area contributed by atoms with Gasteiger partial charge in [0, 0.05) is 51.1 Å². The summed E-state index contributed by atoms with van der Waals surface area (Å²) in [6.07, 6.45) is 0.456. The van der Waals surface area contributed by atoms with E-state index in [9.17, 15) is 9.59 Å². The Morgan fingerprint density at radius 2 is 1.96 bits per heavy atom. The van der Waals surface area contributed by atoms with Crippen LogP contribution in [0.15, 0.2) is 5.38 Å². The number of thiazole rings is 1. The second-order valence-electron chi connectivity index (χ2n) is 7.12. The number of hydrogen-bond donors (Lipinski definition) is 1. The zero-order valence-electron chi connectivity index (χ0n) is 15.6. The molecule has 7 nitrogen and oxygen atoms in total. The lowest BCUT2D eigenvalue weighted by Crippen LogP contribution is -2.50. The highest BCUT2D eigenvalue weighted by atomic mass is 32.1. The van der Waals surface area contributed by atoms with Crippen LogP contribution in [-0.2, 0) is 4.79 Å². The number of amides is 2. The molecule has 0 saturated carbocycles. The fraction of sp³-hybridized carbons (Fsp3) is 0.706. The maximum atomic E-state index is 12.6. The number of nitrogens with zero attached hydrogens (tertiary/aromatic N) is 4. The third-order valence-corrected chi connectivity index (χ3v) is 4.84. The SMILES string of the molecule is CC(C)CC(=O)Nc1nc(C(=O)N2CCN(CCN(C)C)CC2)cs1. The van der Waals surface area contributed by atoms with Crippen LogP contribution in [-0.4, -0.2) is 84.9 Å². The van der Waals surface area contributed by atoms with E-state index >= 15 is 0 Å². The summed E-state index contributed by atoms with van der Waals surface area (Å²) in [5.41, 5.74) is 0.423. The number of carbonyl (C=O) groups excluding carboxylic acids is 2. The second-order valence-corrected chi connectivity index (χ2v) is 7.98. The lowest BCUT2D eigenvalue weighted by Gasteiger charge is -2.34. The van der Waals surface area contributed by atoms with Gasteiger partial charge in [0.05, 0.1) is 0 Å². The van der Waals surface area contributed by atoms with Crippen molar-refractivity contribution in [2.24, 2.45) is 5.92 Å². The van der Waals surface area contributed by atoms with Crippen LogP contribution in [0.3, 0.4) is 0 Å². The molecule has 1 aromatic rings.